The average Bonchev–Trinajstić information content (AvgIpc) is 2.16. The molecule has 0 rings (SSSR count). The Labute approximate surface area is 94.5 Å². The van der Waals surface area contributed by atoms with Gasteiger partial charge in [0.05, 0.1) is 6.07 Å². The number of rotatable bonds is 6. The number of nitrogens with one attached hydrogen (secondary N) is 1. The Morgan fingerprint density at radius 1 is 1.40 bits per heavy atom. The summed E-state index contributed by atoms with van der Waals surface area (Å²) < 4.78 is 0. The maximum atomic E-state index is 9.15. The first kappa shape index (κ1) is 14.4. The summed E-state index contributed by atoms with van der Waals surface area (Å²) in [5, 5.41) is 12.4. The lowest BCUT2D eigenvalue weighted by Gasteiger charge is -2.34. The van der Waals surface area contributed by atoms with E-state index >= 15 is 0 Å². The molecule has 0 heterocycles. The van der Waals surface area contributed by atoms with E-state index in [-0.39, 0.29) is 0 Å². The SMILES string of the molecule is CCNC(C)(C#N)CN(C)C(C)C(C)C. The van der Waals surface area contributed by atoms with Gasteiger partial charge in [0.15, 0.2) is 0 Å². The molecular formula is C12H25N3. The van der Waals surface area contributed by atoms with Crippen LogP contribution in [0.2, 0.25) is 0 Å². The molecule has 0 radical (unpaired) electrons. The van der Waals surface area contributed by atoms with Crippen LogP contribution >= 0.6 is 0 Å². The summed E-state index contributed by atoms with van der Waals surface area (Å²) in [4.78, 5) is 2.25. The molecule has 2 atom stereocenters. The Kier molecular flexibility index (Phi) is 5.85. The fourth-order valence-electron chi connectivity index (χ4n) is 1.67. The lowest BCUT2D eigenvalue weighted by Crippen LogP contribution is -2.52. The highest BCUT2D eigenvalue weighted by molar-refractivity contribution is 5.05. The second-order valence-corrected chi connectivity index (χ2v) is 4.87. The van der Waals surface area contributed by atoms with E-state index in [1.54, 1.807) is 0 Å². The van der Waals surface area contributed by atoms with Gasteiger partial charge in [0.1, 0.15) is 5.54 Å². The zero-order valence-corrected chi connectivity index (χ0v) is 11.0. The fraction of sp³-hybridized carbons (Fsp3) is 0.917. The molecule has 0 aromatic rings. The molecular weight excluding hydrogens is 186 g/mol. The second kappa shape index (κ2) is 6.09. The van der Waals surface area contributed by atoms with E-state index in [9.17, 15) is 0 Å². The Morgan fingerprint density at radius 2 is 1.93 bits per heavy atom. The van der Waals surface area contributed by atoms with Gasteiger partial charge in [-0.15, -0.1) is 0 Å². The van der Waals surface area contributed by atoms with Gasteiger partial charge < -0.3 is 4.90 Å². The van der Waals surface area contributed by atoms with Crippen LogP contribution in [0, 0.1) is 17.2 Å². The molecule has 0 fully saturated rings. The normalized spacial score (nSPS) is 17.5. The summed E-state index contributed by atoms with van der Waals surface area (Å²) in [6.07, 6.45) is 0. The van der Waals surface area contributed by atoms with Crippen molar-refractivity contribution in [3.8, 4) is 6.07 Å². The summed E-state index contributed by atoms with van der Waals surface area (Å²) in [7, 11) is 2.08. The fourth-order valence-corrected chi connectivity index (χ4v) is 1.67. The lowest BCUT2D eigenvalue weighted by atomic mass is 10.00. The third kappa shape index (κ3) is 4.63. The third-order valence-corrected chi connectivity index (χ3v) is 3.04. The molecule has 0 aliphatic heterocycles. The molecule has 0 aromatic heterocycles. The lowest BCUT2D eigenvalue weighted by molar-refractivity contribution is 0.173. The highest BCUT2D eigenvalue weighted by Gasteiger charge is 2.26. The van der Waals surface area contributed by atoms with Gasteiger partial charge in [-0.25, -0.2) is 0 Å². The molecule has 0 aliphatic carbocycles. The van der Waals surface area contributed by atoms with Crippen LogP contribution in [0.1, 0.15) is 34.6 Å². The molecule has 2 unspecified atom stereocenters. The molecule has 0 aliphatic rings. The van der Waals surface area contributed by atoms with Gasteiger partial charge in [0, 0.05) is 12.6 Å². The summed E-state index contributed by atoms with van der Waals surface area (Å²) >= 11 is 0. The molecule has 0 aromatic carbocycles. The molecule has 0 amide bonds. The zero-order valence-electron chi connectivity index (χ0n) is 11.0. The summed E-state index contributed by atoms with van der Waals surface area (Å²) in [6.45, 7) is 12.2. The standard InChI is InChI=1S/C12H25N3/c1-7-14-12(5,8-13)9-15(6)11(4)10(2)3/h10-11,14H,7,9H2,1-6H3. The molecule has 0 saturated heterocycles. The van der Waals surface area contributed by atoms with Crippen molar-refractivity contribution in [1.82, 2.24) is 10.2 Å². The number of nitriles is 1. The maximum Gasteiger partial charge on any atom is 0.116 e. The Balaban J connectivity index is 4.37. The smallest absolute Gasteiger partial charge is 0.116 e. The molecule has 0 spiro atoms. The van der Waals surface area contributed by atoms with Crippen LogP contribution in [0.25, 0.3) is 0 Å². The van der Waals surface area contributed by atoms with Crippen molar-refractivity contribution < 1.29 is 0 Å². The van der Waals surface area contributed by atoms with Crippen molar-refractivity contribution in [3.05, 3.63) is 0 Å². The van der Waals surface area contributed by atoms with Crippen molar-refractivity contribution >= 4 is 0 Å². The van der Waals surface area contributed by atoms with Crippen LogP contribution in [0.4, 0.5) is 0 Å². The van der Waals surface area contributed by atoms with Gasteiger partial charge in [-0.1, -0.05) is 20.8 Å². The first-order valence-electron chi connectivity index (χ1n) is 5.72. The van der Waals surface area contributed by atoms with Gasteiger partial charge in [-0.3, -0.25) is 5.32 Å². The van der Waals surface area contributed by atoms with E-state index < -0.39 is 5.54 Å². The largest absolute Gasteiger partial charge is 0.301 e. The zero-order chi connectivity index (χ0) is 12.1. The Bertz CT molecular complexity index is 219. The monoisotopic (exact) mass is 211 g/mol. The van der Waals surface area contributed by atoms with Crippen LogP contribution in [-0.2, 0) is 0 Å². The first-order chi connectivity index (χ1) is 6.86. The molecule has 3 heteroatoms. The summed E-state index contributed by atoms with van der Waals surface area (Å²) in [5.41, 5.74) is -0.438. The van der Waals surface area contributed by atoms with Crippen LogP contribution in [0.5, 0.6) is 0 Å². The first-order valence-corrected chi connectivity index (χ1v) is 5.72. The van der Waals surface area contributed by atoms with Crippen LogP contribution < -0.4 is 5.32 Å². The minimum atomic E-state index is -0.438. The topological polar surface area (TPSA) is 39.1 Å². The van der Waals surface area contributed by atoms with Crippen molar-refractivity contribution in [1.29, 1.82) is 5.26 Å². The predicted octanol–water partition coefficient (Wildman–Crippen LogP) is 1.85. The van der Waals surface area contributed by atoms with Crippen molar-refractivity contribution in [2.45, 2.75) is 46.2 Å². The number of likely N-dealkylation sites (N-methyl/N-ethyl adjacent to an activating group) is 2. The average molecular weight is 211 g/mol. The molecule has 0 bridgehead atoms. The Hall–Kier alpha value is -0.590. The van der Waals surface area contributed by atoms with Gasteiger partial charge in [0.2, 0.25) is 0 Å². The van der Waals surface area contributed by atoms with E-state index in [1.165, 1.54) is 0 Å². The highest BCUT2D eigenvalue weighted by atomic mass is 15.2. The van der Waals surface area contributed by atoms with Gasteiger partial charge in [-0.2, -0.15) is 5.26 Å². The predicted molar refractivity (Wildman–Crippen MR) is 64.6 cm³/mol. The van der Waals surface area contributed by atoms with Gasteiger partial charge >= 0.3 is 0 Å². The van der Waals surface area contributed by atoms with Gasteiger partial charge in [-0.05, 0) is 33.4 Å². The molecule has 3 nitrogen and oxygen atoms in total. The van der Waals surface area contributed by atoms with E-state index in [1.807, 2.05) is 13.8 Å². The molecule has 88 valence electrons. The van der Waals surface area contributed by atoms with Crippen molar-refractivity contribution in [2.75, 3.05) is 20.1 Å². The maximum absolute atomic E-state index is 9.15. The van der Waals surface area contributed by atoms with Gasteiger partial charge in [0.25, 0.3) is 0 Å². The molecule has 15 heavy (non-hydrogen) atoms. The van der Waals surface area contributed by atoms with Crippen LogP contribution in [-0.4, -0.2) is 36.6 Å². The highest BCUT2D eigenvalue weighted by Crippen LogP contribution is 2.12. The second-order valence-electron chi connectivity index (χ2n) is 4.87. The quantitative estimate of drug-likeness (QED) is 0.729. The minimum Gasteiger partial charge on any atom is -0.301 e. The molecule has 1 N–H and O–H groups in total. The minimum absolute atomic E-state index is 0.438. The number of hydrogen-bond donors (Lipinski definition) is 1. The Morgan fingerprint density at radius 3 is 2.27 bits per heavy atom. The third-order valence-electron chi connectivity index (χ3n) is 3.04. The van der Waals surface area contributed by atoms with Crippen LogP contribution in [0.3, 0.4) is 0 Å². The molecule has 0 saturated carbocycles. The van der Waals surface area contributed by atoms with Crippen LogP contribution in [0.15, 0.2) is 0 Å². The van der Waals surface area contributed by atoms with E-state index in [4.69, 9.17) is 5.26 Å². The van der Waals surface area contributed by atoms with E-state index in [0.29, 0.717) is 12.0 Å². The summed E-state index contributed by atoms with van der Waals surface area (Å²) in [6, 6.07) is 2.85. The summed E-state index contributed by atoms with van der Waals surface area (Å²) in [5.74, 6) is 0.611. The number of nitrogens with zero attached hydrogens (tertiary/aromatic N) is 2. The van der Waals surface area contributed by atoms with Crippen molar-refractivity contribution in [2.24, 2.45) is 5.92 Å². The van der Waals surface area contributed by atoms with E-state index in [2.05, 4.69) is 44.1 Å². The van der Waals surface area contributed by atoms with E-state index in [0.717, 1.165) is 13.1 Å². The van der Waals surface area contributed by atoms with Crippen molar-refractivity contribution in [3.63, 3.8) is 0 Å². The number of hydrogen-bond acceptors (Lipinski definition) is 3.